The van der Waals surface area contributed by atoms with Crippen LogP contribution in [0.1, 0.15) is 100 Å². The molecule has 0 aliphatic carbocycles. The molecule has 1 amide bonds. The van der Waals surface area contributed by atoms with E-state index in [0.29, 0.717) is 22.3 Å². The zero-order chi connectivity index (χ0) is 34.0. The van der Waals surface area contributed by atoms with Gasteiger partial charge in [0.25, 0.3) is 0 Å². The van der Waals surface area contributed by atoms with Gasteiger partial charge in [0.15, 0.2) is 6.23 Å². The summed E-state index contributed by atoms with van der Waals surface area (Å²) in [4.78, 5) is 23.0. The number of aliphatic hydroxyl groups excluding tert-OH is 1. The molecule has 0 aromatic heterocycles. The van der Waals surface area contributed by atoms with E-state index < -0.39 is 51.0 Å². The van der Waals surface area contributed by atoms with Gasteiger partial charge in [-0.15, -0.1) is 0 Å². The van der Waals surface area contributed by atoms with E-state index in [9.17, 15) is 14.7 Å². The molecule has 2 aromatic carbocycles. The highest BCUT2D eigenvalue weighted by molar-refractivity contribution is 7.93. The van der Waals surface area contributed by atoms with Gasteiger partial charge in [-0.3, -0.25) is 20.4 Å². The number of carboxylic acids is 1. The highest BCUT2D eigenvalue weighted by Gasteiger charge is 2.63. The first-order valence-corrected chi connectivity index (χ1v) is 16.6. The molecule has 0 saturated carbocycles. The van der Waals surface area contributed by atoms with Gasteiger partial charge in [-0.2, -0.15) is 0 Å². The van der Waals surface area contributed by atoms with E-state index in [1.807, 2.05) is 53.7 Å². The summed E-state index contributed by atoms with van der Waals surface area (Å²) in [5, 5.41) is 31.8. The Morgan fingerprint density at radius 1 is 1.02 bits per heavy atom. The van der Waals surface area contributed by atoms with E-state index >= 15 is 8.42 Å². The Kier molecular flexibility index (Phi) is 11.1. The number of nitrogens with one attached hydrogen (secondary N) is 2. The number of nitrogens with two attached hydrogens (primary N) is 2. The molecule has 1 aliphatic rings. The number of sulfone groups is 1. The van der Waals surface area contributed by atoms with Crippen LogP contribution in [-0.4, -0.2) is 71.7 Å². The number of nitrogens with zero attached hydrogens (tertiary/aromatic N) is 1. The maximum Gasteiger partial charge on any atom is 0.412 e. The van der Waals surface area contributed by atoms with Gasteiger partial charge in [0.1, 0.15) is 18.0 Å². The summed E-state index contributed by atoms with van der Waals surface area (Å²) in [6.45, 7) is 12.9. The fourth-order valence-electron chi connectivity index (χ4n) is 5.63. The third-order valence-electron chi connectivity index (χ3n) is 8.31. The predicted octanol–water partition coefficient (Wildman–Crippen LogP) is 3.54. The smallest absolute Gasteiger partial charge is 0.412 e. The lowest BCUT2D eigenvalue weighted by Crippen LogP contribution is -2.76. The molecule has 45 heavy (non-hydrogen) atoms. The number of amides is 1. The highest BCUT2D eigenvalue weighted by Crippen LogP contribution is 2.43. The molecule has 3 unspecified atom stereocenters. The lowest BCUT2D eigenvalue weighted by atomic mass is 9.89. The Labute approximate surface area is 265 Å². The van der Waals surface area contributed by atoms with Gasteiger partial charge in [-0.05, 0) is 58.9 Å². The number of aliphatic hydroxyl groups is 1. The summed E-state index contributed by atoms with van der Waals surface area (Å²) in [6.07, 6.45) is -3.77. The molecule has 3 rings (SSSR count). The maximum absolute atomic E-state index is 15.0. The summed E-state index contributed by atoms with van der Waals surface area (Å²) in [6, 6.07) is 9.25. The van der Waals surface area contributed by atoms with Crippen LogP contribution >= 0.6 is 0 Å². The Morgan fingerprint density at radius 2 is 1.56 bits per heavy atom. The fourth-order valence-corrected chi connectivity index (χ4v) is 8.27. The van der Waals surface area contributed by atoms with Crippen molar-refractivity contribution in [3.05, 3.63) is 64.2 Å². The Morgan fingerprint density at radius 3 is 2.00 bits per heavy atom. The molecule has 8 N–H and O–H groups in total. The summed E-state index contributed by atoms with van der Waals surface area (Å²) >= 11 is 0. The number of benzene rings is 2. The largest absolute Gasteiger partial charge is 0.480 e. The fraction of sp³-hybridized carbons (Fsp3) is 0.531. The van der Waals surface area contributed by atoms with Crippen LogP contribution in [0.25, 0.3) is 0 Å². The molecule has 4 atom stereocenters. The van der Waals surface area contributed by atoms with E-state index in [-0.39, 0.29) is 42.2 Å². The number of rotatable bonds is 11. The lowest BCUT2D eigenvalue weighted by Gasteiger charge is -2.48. The van der Waals surface area contributed by atoms with Gasteiger partial charge in [-0.1, -0.05) is 77.9 Å². The first-order chi connectivity index (χ1) is 20.9. The minimum absolute atomic E-state index is 0.0219. The van der Waals surface area contributed by atoms with E-state index in [0.717, 1.165) is 10.5 Å². The monoisotopic (exact) mass is 645 g/mol. The van der Waals surface area contributed by atoms with Crippen molar-refractivity contribution in [2.24, 2.45) is 11.5 Å². The number of ether oxygens (including phenoxy) is 1. The summed E-state index contributed by atoms with van der Waals surface area (Å²) in [5.74, 6) is -2.45. The second kappa shape index (κ2) is 13.9. The van der Waals surface area contributed by atoms with Crippen molar-refractivity contribution in [1.29, 1.82) is 5.41 Å². The minimum atomic E-state index is -4.78. The molecule has 1 heterocycles. The Hall–Kier alpha value is -3.52. The molecule has 0 radical (unpaired) electrons. The molecule has 13 heteroatoms. The van der Waals surface area contributed by atoms with Crippen molar-refractivity contribution in [3.8, 4) is 0 Å². The Balaban J connectivity index is 2.13. The number of hydrogen-bond donors (Lipinski definition) is 6. The number of carbonyl (C=O) groups is 2. The van der Waals surface area contributed by atoms with E-state index in [4.69, 9.17) is 26.7 Å². The third-order valence-corrected chi connectivity index (χ3v) is 10.8. The quantitative estimate of drug-likeness (QED) is 0.155. The van der Waals surface area contributed by atoms with Gasteiger partial charge in [0.2, 0.25) is 14.7 Å². The second-order valence-electron chi connectivity index (χ2n) is 12.5. The second-order valence-corrected chi connectivity index (χ2v) is 14.6. The van der Waals surface area contributed by atoms with Crippen LogP contribution in [0.2, 0.25) is 0 Å². The van der Waals surface area contributed by atoms with Crippen molar-refractivity contribution in [3.63, 3.8) is 0 Å². The van der Waals surface area contributed by atoms with Crippen molar-refractivity contribution in [1.82, 2.24) is 10.2 Å². The van der Waals surface area contributed by atoms with Crippen LogP contribution in [0, 0.1) is 5.41 Å². The molecule has 0 spiro atoms. The molecule has 2 aromatic rings. The molecule has 248 valence electrons. The summed E-state index contributed by atoms with van der Waals surface area (Å²) < 4.78 is 35.8. The average molecular weight is 646 g/mol. The summed E-state index contributed by atoms with van der Waals surface area (Å²) in [7, 11) is -4.78. The van der Waals surface area contributed by atoms with E-state index in [1.165, 1.54) is 0 Å². The van der Waals surface area contributed by atoms with Gasteiger partial charge >= 0.3 is 12.1 Å². The Bertz CT molecular complexity index is 1500. The van der Waals surface area contributed by atoms with Crippen LogP contribution in [0.4, 0.5) is 4.79 Å². The minimum Gasteiger partial charge on any atom is -0.480 e. The SMILES string of the molecule is CC(C)c1cc(C(C)C)c(S(=O)(=O)C2(C(=N)N)C(O)NCCN2C(=O)OC(C)c2ccc(C[C@H](N)C(=O)O)cc2)c(C(C)C)c1. The van der Waals surface area contributed by atoms with Crippen LogP contribution in [-0.2, 0) is 25.8 Å². The van der Waals surface area contributed by atoms with Crippen LogP contribution in [0.5, 0.6) is 0 Å². The first kappa shape index (κ1) is 36.0. The standard InChI is InChI=1S/C32H47N5O7S/c1-17(2)23-15-24(18(3)4)27(25(16-23)19(5)6)45(42,43)32(29(34)35)30(40)36-12-13-37(32)31(41)44-20(7)22-10-8-21(9-11-22)14-26(33)28(38)39/h8-11,15-20,26,30,36,40H,12-14,33H2,1-7H3,(H3,34,35)(H,38,39)/t20?,26-,30?,32?/m0/s1. The molecular formula is C32H47N5O7S. The molecule has 0 bridgehead atoms. The number of piperazine rings is 1. The van der Waals surface area contributed by atoms with Crippen LogP contribution < -0.4 is 16.8 Å². The van der Waals surface area contributed by atoms with Gasteiger partial charge in [0.05, 0.1) is 4.90 Å². The van der Waals surface area contributed by atoms with Crippen LogP contribution in [0.15, 0.2) is 41.3 Å². The summed E-state index contributed by atoms with van der Waals surface area (Å²) in [5.41, 5.74) is 14.9. The molecule has 1 fully saturated rings. The predicted molar refractivity (Wildman–Crippen MR) is 172 cm³/mol. The number of aliphatic carboxylic acids is 1. The van der Waals surface area contributed by atoms with Gasteiger partial charge in [-0.25, -0.2) is 13.2 Å². The van der Waals surface area contributed by atoms with Crippen molar-refractivity contribution in [2.75, 3.05) is 13.1 Å². The zero-order valence-electron chi connectivity index (χ0n) is 27.0. The first-order valence-electron chi connectivity index (χ1n) is 15.1. The third kappa shape index (κ3) is 6.86. The van der Waals surface area contributed by atoms with E-state index in [2.05, 4.69) is 5.32 Å². The lowest BCUT2D eigenvalue weighted by molar-refractivity contribution is -0.138. The van der Waals surface area contributed by atoms with Crippen molar-refractivity contribution >= 4 is 27.7 Å². The normalized spacial score (nSPS) is 20.4. The number of hydrogen-bond acceptors (Lipinski definition) is 9. The maximum atomic E-state index is 15.0. The van der Waals surface area contributed by atoms with Gasteiger partial charge < -0.3 is 26.4 Å². The van der Waals surface area contributed by atoms with E-state index in [1.54, 1.807) is 31.2 Å². The zero-order valence-corrected chi connectivity index (χ0v) is 27.8. The van der Waals surface area contributed by atoms with Crippen molar-refractivity contribution < 1.29 is 33.0 Å². The number of carbonyl (C=O) groups excluding carboxylic acids is 1. The molecule has 1 saturated heterocycles. The topological polar surface area (TPSA) is 209 Å². The number of amidine groups is 1. The van der Waals surface area contributed by atoms with Crippen LogP contribution in [0.3, 0.4) is 0 Å². The number of carboxylic acid groups (broad SMARTS) is 1. The van der Waals surface area contributed by atoms with Gasteiger partial charge in [0, 0.05) is 13.1 Å². The average Bonchev–Trinajstić information content (AvgIpc) is 2.95. The highest BCUT2D eigenvalue weighted by atomic mass is 32.2. The van der Waals surface area contributed by atoms with Crippen molar-refractivity contribution in [2.45, 2.75) is 101 Å². The molecular weight excluding hydrogens is 598 g/mol. The molecule has 12 nitrogen and oxygen atoms in total. The molecule has 1 aliphatic heterocycles.